The van der Waals surface area contributed by atoms with E-state index < -0.39 is 5.60 Å². The highest BCUT2D eigenvalue weighted by molar-refractivity contribution is 5.76. The number of β-amino-alcohol motifs (C(OH)–C–C–N with tert-alkyl or cyclic N) is 1. The van der Waals surface area contributed by atoms with Crippen molar-refractivity contribution in [3.05, 3.63) is 0 Å². The Morgan fingerprint density at radius 2 is 2.27 bits per heavy atom. The normalized spacial score (nSPS) is 22.7. The fourth-order valence-electron chi connectivity index (χ4n) is 1.35. The lowest BCUT2D eigenvalue weighted by molar-refractivity contribution is -0.0818. The topological polar surface area (TPSA) is 73.3 Å². The van der Waals surface area contributed by atoms with E-state index in [0.29, 0.717) is 19.5 Å². The van der Waals surface area contributed by atoms with E-state index >= 15 is 0 Å². The van der Waals surface area contributed by atoms with E-state index in [9.17, 15) is 5.11 Å². The first-order valence-corrected chi connectivity index (χ1v) is 3.77. The van der Waals surface area contributed by atoms with Crippen LogP contribution in [-0.2, 0) is 0 Å². The van der Waals surface area contributed by atoms with E-state index in [4.69, 9.17) is 11.1 Å². The zero-order valence-corrected chi connectivity index (χ0v) is 6.80. The fourth-order valence-corrected chi connectivity index (χ4v) is 1.35. The molecule has 1 fully saturated rings. The van der Waals surface area contributed by atoms with Crippen LogP contribution in [0.1, 0.15) is 13.3 Å². The van der Waals surface area contributed by atoms with Crippen LogP contribution < -0.4 is 5.73 Å². The second-order valence-corrected chi connectivity index (χ2v) is 3.48. The highest BCUT2D eigenvalue weighted by Crippen LogP contribution is 2.19. The second-order valence-electron chi connectivity index (χ2n) is 3.48. The fraction of sp³-hybridized carbons (Fsp3) is 0.857. The number of nitrogens with one attached hydrogen (secondary N) is 1. The largest absolute Gasteiger partial charge is 0.388 e. The second kappa shape index (κ2) is 2.79. The number of amidine groups is 1. The third kappa shape index (κ3) is 2.48. The van der Waals surface area contributed by atoms with Crippen molar-refractivity contribution in [1.29, 1.82) is 5.41 Å². The summed E-state index contributed by atoms with van der Waals surface area (Å²) in [6.45, 7) is 4.03. The Morgan fingerprint density at radius 1 is 1.73 bits per heavy atom. The van der Waals surface area contributed by atoms with Gasteiger partial charge in [-0.25, -0.2) is 0 Å². The smallest absolute Gasteiger partial charge is 0.0918 e. The lowest BCUT2D eigenvalue weighted by Crippen LogP contribution is -2.60. The lowest BCUT2D eigenvalue weighted by Gasteiger charge is -2.44. The van der Waals surface area contributed by atoms with Crippen LogP contribution in [0.2, 0.25) is 0 Å². The van der Waals surface area contributed by atoms with E-state index in [1.54, 1.807) is 0 Å². The molecular weight excluding hydrogens is 142 g/mol. The van der Waals surface area contributed by atoms with Crippen molar-refractivity contribution in [2.24, 2.45) is 5.73 Å². The van der Waals surface area contributed by atoms with Crippen LogP contribution in [0, 0.1) is 5.41 Å². The lowest BCUT2D eigenvalue weighted by atomic mass is 9.97. The molecule has 0 spiro atoms. The van der Waals surface area contributed by atoms with Crippen molar-refractivity contribution in [1.82, 2.24) is 4.90 Å². The molecule has 64 valence electrons. The SMILES string of the molecule is CC1(O)CN(CCC(=N)N)C1. The highest BCUT2D eigenvalue weighted by Gasteiger charge is 2.35. The zero-order valence-electron chi connectivity index (χ0n) is 6.80. The monoisotopic (exact) mass is 157 g/mol. The average molecular weight is 157 g/mol. The van der Waals surface area contributed by atoms with Crippen LogP contribution in [0.5, 0.6) is 0 Å². The van der Waals surface area contributed by atoms with Gasteiger partial charge in [-0.3, -0.25) is 10.3 Å². The minimum Gasteiger partial charge on any atom is -0.388 e. The van der Waals surface area contributed by atoms with Gasteiger partial charge in [0.2, 0.25) is 0 Å². The molecule has 0 amide bonds. The van der Waals surface area contributed by atoms with E-state index in [1.807, 2.05) is 6.92 Å². The number of hydrogen-bond donors (Lipinski definition) is 3. The van der Waals surface area contributed by atoms with Gasteiger partial charge in [-0.1, -0.05) is 0 Å². The van der Waals surface area contributed by atoms with Gasteiger partial charge in [-0.2, -0.15) is 0 Å². The summed E-state index contributed by atoms with van der Waals surface area (Å²) >= 11 is 0. The van der Waals surface area contributed by atoms with Crippen molar-refractivity contribution < 1.29 is 5.11 Å². The molecule has 11 heavy (non-hydrogen) atoms. The zero-order chi connectivity index (χ0) is 8.48. The van der Waals surface area contributed by atoms with E-state index in [-0.39, 0.29) is 5.84 Å². The van der Waals surface area contributed by atoms with Crippen molar-refractivity contribution in [3.8, 4) is 0 Å². The summed E-state index contributed by atoms with van der Waals surface area (Å²) in [6.07, 6.45) is 0.607. The van der Waals surface area contributed by atoms with Gasteiger partial charge in [0.15, 0.2) is 0 Å². The Morgan fingerprint density at radius 3 is 2.64 bits per heavy atom. The van der Waals surface area contributed by atoms with Gasteiger partial charge in [-0.05, 0) is 6.92 Å². The summed E-state index contributed by atoms with van der Waals surface area (Å²) in [6, 6.07) is 0. The molecule has 1 rings (SSSR count). The minimum absolute atomic E-state index is 0.219. The predicted molar refractivity (Wildman–Crippen MR) is 43.6 cm³/mol. The molecule has 0 aromatic heterocycles. The molecule has 0 aliphatic carbocycles. The Labute approximate surface area is 66.5 Å². The van der Waals surface area contributed by atoms with Gasteiger partial charge in [0, 0.05) is 26.1 Å². The summed E-state index contributed by atoms with van der Waals surface area (Å²) in [5.41, 5.74) is 4.68. The van der Waals surface area contributed by atoms with E-state index in [1.165, 1.54) is 0 Å². The van der Waals surface area contributed by atoms with Crippen LogP contribution in [0.15, 0.2) is 0 Å². The first kappa shape index (κ1) is 8.49. The first-order chi connectivity index (χ1) is 4.99. The average Bonchev–Trinajstić information content (AvgIpc) is 1.78. The summed E-state index contributed by atoms with van der Waals surface area (Å²) in [5, 5.41) is 16.3. The number of nitrogens with zero attached hydrogens (tertiary/aromatic N) is 1. The molecule has 0 radical (unpaired) electrons. The Balaban J connectivity index is 2.09. The first-order valence-electron chi connectivity index (χ1n) is 3.77. The number of nitrogens with two attached hydrogens (primary N) is 1. The maximum absolute atomic E-state index is 9.32. The van der Waals surface area contributed by atoms with E-state index in [2.05, 4.69) is 4.90 Å². The molecule has 0 aromatic carbocycles. The van der Waals surface area contributed by atoms with Gasteiger partial charge >= 0.3 is 0 Å². The Hall–Kier alpha value is -0.610. The maximum atomic E-state index is 9.32. The summed E-state index contributed by atoms with van der Waals surface area (Å²) in [7, 11) is 0. The molecule has 0 saturated carbocycles. The van der Waals surface area contributed by atoms with Crippen molar-refractivity contribution >= 4 is 5.84 Å². The molecular formula is C7H15N3O. The molecule has 4 N–H and O–H groups in total. The van der Waals surface area contributed by atoms with Crippen molar-refractivity contribution in [2.45, 2.75) is 18.9 Å². The van der Waals surface area contributed by atoms with Gasteiger partial charge < -0.3 is 10.8 Å². The summed E-state index contributed by atoms with van der Waals surface area (Å²) < 4.78 is 0. The Kier molecular flexibility index (Phi) is 2.15. The minimum atomic E-state index is -0.503. The van der Waals surface area contributed by atoms with Crippen LogP contribution in [0.25, 0.3) is 0 Å². The van der Waals surface area contributed by atoms with Crippen LogP contribution in [0.4, 0.5) is 0 Å². The quantitative estimate of drug-likeness (QED) is 0.377. The molecule has 1 saturated heterocycles. The highest BCUT2D eigenvalue weighted by atomic mass is 16.3. The molecule has 1 heterocycles. The molecule has 1 aliphatic heterocycles. The number of aliphatic hydroxyl groups is 1. The molecule has 4 nitrogen and oxygen atoms in total. The van der Waals surface area contributed by atoms with Gasteiger partial charge in [-0.15, -0.1) is 0 Å². The maximum Gasteiger partial charge on any atom is 0.0918 e. The number of rotatable bonds is 3. The standard InChI is InChI=1S/C7H15N3O/c1-7(11)4-10(5-7)3-2-6(8)9/h11H,2-5H2,1H3,(H3,8,9). The van der Waals surface area contributed by atoms with Crippen LogP contribution in [0.3, 0.4) is 0 Å². The summed E-state index contributed by atoms with van der Waals surface area (Å²) in [5.74, 6) is 0.219. The van der Waals surface area contributed by atoms with Crippen LogP contribution in [-0.4, -0.2) is 41.1 Å². The third-order valence-corrected chi connectivity index (χ3v) is 1.83. The van der Waals surface area contributed by atoms with Crippen LogP contribution >= 0.6 is 0 Å². The van der Waals surface area contributed by atoms with Crippen molar-refractivity contribution in [3.63, 3.8) is 0 Å². The molecule has 0 unspecified atom stereocenters. The van der Waals surface area contributed by atoms with Crippen molar-refractivity contribution in [2.75, 3.05) is 19.6 Å². The molecule has 4 heteroatoms. The molecule has 0 bridgehead atoms. The van der Waals surface area contributed by atoms with Gasteiger partial charge in [0.25, 0.3) is 0 Å². The number of hydrogen-bond acceptors (Lipinski definition) is 3. The number of likely N-dealkylation sites (tertiary alicyclic amines) is 1. The van der Waals surface area contributed by atoms with Gasteiger partial charge in [0.1, 0.15) is 0 Å². The molecule has 0 aromatic rings. The molecule has 1 aliphatic rings. The Bertz CT molecular complexity index is 159. The van der Waals surface area contributed by atoms with E-state index in [0.717, 1.165) is 6.54 Å². The predicted octanol–water partition coefficient (Wildman–Crippen LogP) is -0.621. The summed E-state index contributed by atoms with van der Waals surface area (Å²) in [4.78, 5) is 2.08. The van der Waals surface area contributed by atoms with Gasteiger partial charge in [0.05, 0.1) is 11.4 Å². The third-order valence-electron chi connectivity index (χ3n) is 1.83. The molecule has 0 atom stereocenters.